The van der Waals surface area contributed by atoms with Gasteiger partial charge in [0.1, 0.15) is 10.8 Å². The highest BCUT2D eigenvalue weighted by atomic mass is 35.5. The van der Waals surface area contributed by atoms with Crippen LogP contribution in [0.2, 0.25) is 5.02 Å². The molecule has 0 saturated carbocycles. The molecule has 140 valence electrons. The van der Waals surface area contributed by atoms with Gasteiger partial charge in [0, 0.05) is 5.56 Å². The molecular weight excluding hydrogens is 359 g/mol. The van der Waals surface area contributed by atoms with Crippen LogP contribution in [0.5, 0.6) is 5.75 Å². The van der Waals surface area contributed by atoms with E-state index in [0.29, 0.717) is 17.9 Å². The van der Waals surface area contributed by atoms with E-state index in [4.69, 9.17) is 16.3 Å². The summed E-state index contributed by atoms with van der Waals surface area (Å²) in [5.74, 6) is -0.0505. The second-order valence-electron chi connectivity index (χ2n) is 6.61. The van der Waals surface area contributed by atoms with Crippen LogP contribution in [0.4, 0.5) is 4.39 Å². The minimum absolute atomic E-state index is 0.0385. The average molecular weight is 383 g/mol. The second kappa shape index (κ2) is 9.05. The Morgan fingerprint density at radius 3 is 1.96 bits per heavy atom. The number of ether oxygens (including phenoxy) is 1. The summed E-state index contributed by atoms with van der Waals surface area (Å²) in [7, 11) is 0. The number of aryl methyl sites for hydroxylation is 1. The highest BCUT2D eigenvalue weighted by Gasteiger charge is 2.14. The predicted octanol–water partition coefficient (Wildman–Crippen LogP) is 7.55. The van der Waals surface area contributed by atoms with Crippen molar-refractivity contribution in [1.82, 2.24) is 0 Å². The van der Waals surface area contributed by atoms with Crippen LogP contribution in [0.3, 0.4) is 0 Å². The largest absolute Gasteiger partial charge is 0.492 e. The van der Waals surface area contributed by atoms with E-state index in [2.05, 4.69) is 31.2 Å². The third kappa shape index (κ3) is 4.51. The normalized spacial score (nSPS) is 10.8. The monoisotopic (exact) mass is 382 g/mol. The molecule has 0 N–H and O–H groups in total. The maximum absolute atomic E-state index is 14.7. The maximum Gasteiger partial charge on any atom is 0.153 e. The SMILES string of the molecule is CCCOc1ccc(-c2ccc(-c3ccc(CCC)cc3)cc2)c(F)c1Cl. The van der Waals surface area contributed by atoms with Crippen LogP contribution in [0.25, 0.3) is 22.3 Å². The van der Waals surface area contributed by atoms with Crippen molar-refractivity contribution in [2.45, 2.75) is 33.1 Å². The fourth-order valence-electron chi connectivity index (χ4n) is 3.07. The number of halogens is 2. The van der Waals surface area contributed by atoms with E-state index in [9.17, 15) is 4.39 Å². The summed E-state index contributed by atoms with van der Waals surface area (Å²) in [6, 6.07) is 19.9. The van der Waals surface area contributed by atoms with Gasteiger partial charge in [0.05, 0.1) is 6.61 Å². The minimum atomic E-state index is -0.443. The summed E-state index contributed by atoms with van der Waals surface area (Å²) in [5, 5.41) is 0.0385. The molecule has 0 amide bonds. The Kier molecular flexibility index (Phi) is 6.52. The van der Waals surface area contributed by atoms with Crippen LogP contribution in [0.15, 0.2) is 60.7 Å². The summed E-state index contributed by atoms with van der Waals surface area (Å²) in [6.07, 6.45) is 3.09. The summed E-state index contributed by atoms with van der Waals surface area (Å²) in [4.78, 5) is 0. The van der Waals surface area contributed by atoms with Crippen molar-refractivity contribution in [3.63, 3.8) is 0 Å². The number of rotatable bonds is 7. The van der Waals surface area contributed by atoms with E-state index in [1.807, 2.05) is 31.2 Å². The molecule has 27 heavy (non-hydrogen) atoms. The molecule has 3 rings (SSSR count). The van der Waals surface area contributed by atoms with Crippen LogP contribution in [0.1, 0.15) is 32.3 Å². The summed E-state index contributed by atoms with van der Waals surface area (Å²) in [5.41, 5.74) is 4.89. The van der Waals surface area contributed by atoms with Gasteiger partial charge in [0.15, 0.2) is 5.82 Å². The lowest BCUT2D eigenvalue weighted by atomic mass is 9.98. The van der Waals surface area contributed by atoms with Gasteiger partial charge in [-0.3, -0.25) is 0 Å². The van der Waals surface area contributed by atoms with Gasteiger partial charge >= 0.3 is 0 Å². The number of hydrogen-bond acceptors (Lipinski definition) is 1. The molecule has 1 nitrogen and oxygen atoms in total. The van der Waals surface area contributed by atoms with Crippen molar-refractivity contribution in [1.29, 1.82) is 0 Å². The molecule has 0 saturated heterocycles. The number of benzene rings is 3. The third-order valence-corrected chi connectivity index (χ3v) is 4.88. The molecule has 0 atom stereocenters. The van der Waals surface area contributed by atoms with Crippen LogP contribution >= 0.6 is 11.6 Å². The van der Waals surface area contributed by atoms with E-state index >= 15 is 0 Å². The second-order valence-corrected chi connectivity index (χ2v) is 6.99. The molecular formula is C24H24ClFO. The van der Waals surface area contributed by atoms with Gasteiger partial charge in [-0.05, 0) is 47.2 Å². The topological polar surface area (TPSA) is 9.23 Å². The minimum Gasteiger partial charge on any atom is -0.492 e. The van der Waals surface area contributed by atoms with Crippen molar-refractivity contribution in [3.8, 4) is 28.0 Å². The van der Waals surface area contributed by atoms with E-state index in [1.54, 1.807) is 12.1 Å². The smallest absolute Gasteiger partial charge is 0.153 e. The molecule has 3 aromatic rings. The first-order valence-corrected chi connectivity index (χ1v) is 9.82. The fraction of sp³-hybridized carbons (Fsp3) is 0.250. The lowest BCUT2D eigenvalue weighted by Crippen LogP contribution is -1.97. The van der Waals surface area contributed by atoms with Gasteiger partial charge in [-0.15, -0.1) is 0 Å². The highest BCUT2D eigenvalue weighted by Crippen LogP contribution is 2.35. The van der Waals surface area contributed by atoms with E-state index in [0.717, 1.165) is 36.0 Å². The predicted molar refractivity (Wildman–Crippen MR) is 112 cm³/mol. The molecule has 3 aromatic carbocycles. The zero-order valence-corrected chi connectivity index (χ0v) is 16.5. The Morgan fingerprint density at radius 2 is 1.37 bits per heavy atom. The molecule has 0 aliphatic carbocycles. The first-order valence-electron chi connectivity index (χ1n) is 9.44. The maximum atomic E-state index is 14.7. The van der Waals surface area contributed by atoms with E-state index in [-0.39, 0.29) is 5.02 Å². The van der Waals surface area contributed by atoms with Gasteiger partial charge in [-0.1, -0.05) is 80.4 Å². The Labute approximate surface area is 165 Å². The van der Waals surface area contributed by atoms with Crippen molar-refractivity contribution in [3.05, 3.63) is 77.1 Å². The highest BCUT2D eigenvalue weighted by molar-refractivity contribution is 6.32. The Balaban J connectivity index is 1.84. The first-order chi connectivity index (χ1) is 13.1. The van der Waals surface area contributed by atoms with E-state index < -0.39 is 5.82 Å². The zero-order chi connectivity index (χ0) is 19.2. The Bertz CT molecular complexity index is 886. The molecule has 0 aliphatic heterocycles. The summed E-state index contributed by atoms with van der Waals surface area (Å²) < 4.78 is 20.2. The van der Waals surface area contributed by atoms with Crippen LogP contribution in [-0.4, -0.2) is 6.61 Å². The molecule has 0 fully saturated rings. The first kappa shape index (κ1) is 19.4. The molecule has 3 heteroatoms. The van der Waals surface area contributed by atoms with Crippen LogP contribution in [0, 0.1) is 5.82 Å². The lowest BCUT2D eigenvalue weighted by Gasteiger charge is -2.11. The number of hydrogen-bond donors (Lipinski definition) is 0. The van der Waals surface area contributed by atoms with Gasteiger partial charge < -0.3 is 4.74 Å². The molecule has 0 aromatic heterocycles. The van der Waals surface area contributed by atoms with Crippen molar-refractivity contribution < 1.29 is 9.13 Å². The Hall–Kier alpha value is -2.32. The molecule has 0 bridgehead atoms. The summed E-state index contributed by atoms with van der Waals surface area (Å²) >= 11 is 6.15. The summed E-state index contributed by atoms with van der Waals surface area (Å²) in [6.45, 7) is 4.70. The lowest BCUT2D eigenvalue weighted by molar-refractivity contribution is 0.316. The molecule has 0 unspecified atom stereocenters. The zero-order valence-electron chi connectivity index (χ0n) is 15.8. The third-order valence-electron chi connectivity index (χ3n) is 4.53. The standard InChI is InChI=1S/C24H24ClFO/c1-3-5-17-6-8-18(9-7-17)19-10-12-20(13-11-19)21-14-15-22(27-16-4-2)23(25)24(21)26/h6-15H,3-5,16H2,1-2H3. The van der Waals surface area contributed by atoms with Gasteiger partial charge in [0.2, 0.25) is 0 Å². The van der Waals surface area contributed by atoms with Crippen molar-refractivity contribution >= 4 is 11.6 Å². The van der Waals surface area contributed by atoms with Crippen LogP contribution < -0.4 is 4.74 Å². The van der Waals surface area contributed by atoms with Crippen molar-refractivity contribution in [2.75, 3.05) is 6.61 Å². The van der Waals surface area contributed by atoms with Crippen LogP contribution in [-0.2, 0) is 6.42 Å². The quantitative estimate of drug-likeness (QED) is 0.409. The fourth-order valence-corrected chi connectivity index (χ4v) is 3.29. The van der Waals surface area contributed by atoms with Crippen molar-refractivity contribution in [2.24, 2.45) is 0 Å². The van der Waals surface area contributed by atoms with Gasteiger partial charge in [-0.2, -0.15) is 0 Å². The molecule has 0 heterocycles. The average Bonchev–Trinajstić information content (AvgIpc) is 2.70. The molecule has 0 radical (unpaired) electrons. The molecule has 0 spiro atoms. The van der Waals surface area contributed by atoms with Gasteiger partial charge in [-0.25, -0.2) is 4.39 Å². The molecule has 0 aliphatic rings. The van der Waals surface area contributed by atoms with E-state index in [1.165, 1.54) is 5.56 Å². The Morgan fingerprint density at radius 1 is 0.778 bits per heavy atom. The van der Waals surface area contributed by atoms with Gasteiger partial charge in [0.25, 0.3) is 0 Å².